The van der Waals surface area contributed by atoms with Gasteiger partial charge in [-0.3, -0.25) is 4.79 Å². The number of aryl methyl sites for hydroxylation is 1. The van der Waals surface area contributed by atoms with Gasteiger partial charge in [-0.15, -0.1) is 0 Å². The zero-order valence-corrected chi connectivity index (χ0v) is 22.7. The van der Waals surface area contributed by atoms with Gasteiger partial charge in [0.1, 0.15) is 11.6 Å². The summed E-state index contributed by atoms with van der Waals surface area (Å²) >= 11 is 0. The minimum absolute atomic E-state index is 0.0444. The van der Waals surface area contributed by atoms with Gasteiger partial charge in [0.15, 0.2) is 11.5 Å². The molecule has 0 atom stereocenters. The maximum atomic E-state index is 12.6. The lowest BCUT2D eigenvalue weighted by molar-refractivity contribution is -0.120. The largest absolute Gasteiger partial charge is 0.493 e. The molecule has 7 nitrogen and oxygen atoms in total. The Kier molecular flexibility index (Phi) is 9.25. The van der Waals surface area contributed by atoms with Crippen LogP contribution >= 0.6 is 0 Å². The van der Waals surface area contributed by atoms with Crippen LogP contribution in [0.25, 0.3) is 11.0 Å². The van der Waals surface area contributed by atoms with Gasteiger partial charge >= 0.3 is 0 Å². The van der Waals surface area contributed by atoms with Gasteiger partial charge in [0.05, 0.1) is 38.3 Å². The summed E-state index contributed by atoms with van der Waals surface area (Å²) in [6.07, 6.45) is 1.76. The van der Waals surface area contributed by atoms with Crippen LogP contribution < -0.4 is 19.5 Å². The third-order valence-electron chi connectivity index (χ3n) is 6.54. The highest BCUT2D eigenvalue weighted by atomic mass is 16.5. The number of fused-ring (bicyclic) bond motifs is 1. The van der Waals surface area contributed by atoms with Crippen LogP contribution in [0.2, 0.25) is 0 Å². The fourth-order valence-corrected chi connectivity index (χ4v) is 4.61. The first-order valence-electron chi connectivity index (χ1n) is 13.1. The van der Waals surface area contributed by atoms with E-state index in [1.165, 1.54) is 5.56 Å². The number of methoxy groups -OCH3 is 2. The van der Waals surface area contributed by atoms with E-state index < -0.39 is 0 Å². The molecular weight excluding hydrogens is 478 g/mol. The molecule has 0 bridgehead atoms. The summed E-state index contributed by atoms with van der Waals surface area (Å²) < 4.78 is 19.0. The molecule has 0 fully saturated rings. The highest BCUT2D eigenvalue weighted by molar-refractivity contribution is 5.79. The average Bonchev–Trinajstić information content (AvgIpc) is 3.28. The van der Waals surface area contributed by atoms with Gasteiger partial charge in [-0.2, -0.15) is 0 Å². The Hall–Kier alpha value is -4.00. The van der Waals surface area contributed by atoms with Crippen LogP contribution in [0.5, 0.6) is 17.2 Å². The van der Waals surface area contributed by atoms with Crippen molar-refractivity contribution in [3.05, 3.63) is 83.7 Å². The minimum atomic E-state index is -0.0444. The van der Waals surface area contributed by atoms with E-state index in [1.54, 1.807) is 14.2 Å². The second-order valence-electron chi connectivity index (χ2n) is 9.53. The third-order valence-corrected chi connectivity index (χ3v) is 6.54. The van der Waals surface area contributed by atoms with Crippen molar-refractivity contribution in [3.63, 3.8) is 0 Å². The summed E-state index contributed by atoms with van der Waals surface area (Å²) in [5.41, 5.74) is 4.16. The second-order valence-corrected chi connectivity index (χ2v) is 9.53. The number of carbonyl (C=O) groups is 1. The summed E-state index contributed by atoms with van der Waals surface area (Å²) in [5.74, 6) is 3.54. The molecule has 1 amide bonds. The van der Waals surface area contributed by atoms with Crippen molar-refractivity contribution in [2.24, 2.45) is 0 Å². The first-order valence-corrected chi connectivity index (χ1v) is 13.1. The Morgan fingerprint density at radius 2 is 1.71 bits per heavy atom. The van der Waals surface area contributed by atoms with E-state index in [0.717, 1.165) is 41.1 Å². The number of ether oxygens (including phenoxy) is 3. The fourth-order valence-electron chi connectivity index (χ4n) is 4.61. The van der Waals surface area contributed by atoms with E-state index in [0.29, 0.717) is 37.0 Å². The summed E-state index contributed by atoms with van der Waals surface area (Å²) in [4.78, 5) is 17.5. The Bertz CT molecular complexity index is 1360. The fraction of sp³-hybridized carbons (Fsp3) is 0.355. The molecular formula is C31H37N3O4. The number of imidazole rings is 1. The summed E-state index contributed by atoms with van der Waals surface area (Å²) in [6, 6.07) is 21.9. The first-order chi connectivity index (χ1) is 18.5. The van der Waals surface area contributed by atoms with Crippen LogP contribution in [0.4, 0.5) is 0 Å². The molecule has 1 N–H and O–H groups in total. The molecule has 38 heavy (non-hydrogen) atoms. The van der Waals surface area contributed by atoms with Gasteiger partial charge in [0, 0.05) is 19.5 Å². The summed E-state index contributed by atoms with van der Waals surface area (Å²) in [6.45, 7) is 6.28. The molecule has 0 aliphatic rings. The number of rotatable bonds is 13. The Labute approximate surface area is 224 Å². The number of carbonyl (C=O) groups excluding carboxylic acids is 1. The van der Waals surface area contributed by atoms with Crippen molar-refractivity contribution in [2.45, 2.75) is 45.6 Å². The van der Waals surface area contributed by atoms with Gasteiger partial charge in [0.2, 0.25) is 5.91 Å². The minimum Gasteiger partial charge on any atom is -0.493 e. The van der Waals surface area contributed by atoms with Gasteiger partial charge in [0.25, 0.3) is 0 Å². The molecule has 7 heteroatoms. The number of para-hydroxylation sites is 3. The van der Waals surface area contributed by atoms with Gasteiger partial charge in [-0.25, -0.2) is 4.98 Å². The summed E-state index contributed by atoms with van der Waals surface area (Å²) in [5, 5.41) is 3.03. The van der Waals surface area contributed by atoms with Gasteiger partial charge in [-0.05, 0) is 53.8 Å². The second kappa shape index (κ2) is 13.0. The molecule has 1 aromatic heterocycles. The predicted molar refractivity (Wildman–Crippen MR) is 150 cm³/mol. The molecule has 1 heterocycles. The van der Waals surface area contributed by atoms with Crippen molar-refractivity contribution in [3.8, 4) is 17.2 Å². The molecule has 0 aliphatic carbocycles. The lowest BCUT2D eigenvalue weighted by atomic mass is 10.0. The standard InChI is InChI=1S/C31H37N3O4/c1-22(2)24-10-5-8-13-27(24)38-19-9-18-34-26-12-7-6-11-25(26)33-30(34)16-17-32-31(35)21-23-14-15-28(36-3)29(20-23)37-4/h5-8,10-15,20,22H,9,16-19,21H2,1-4H3,(H,32,35). The van der Waals surface area contributed by atoms with E-state index in [4.69, 9.17) is 19.2 Å². The number of hydrogen-bond acceptors (Lipinski definition) is 5. The smallest absolute Gasteiger partial charge is 0.224 e. The number of aromatic nitrogens is 2. The monoisotopic (exact) mass is 515 g/mol. The lowest BCUT2D eigenvalue weighted by Gasteiger charge is -2.15. The van der Waals surface area contributed by atoms with Crippen LogP contribution in [-0.4, -0.2) is 42.8 Å². The number of hydrogen-bond donors (Lipinski definition) is 1. The van der Waals surface area contributed by atoms with Crippen molar-refractivity contribution >= 4 is 16.9 Å². The highest BCUT2D eigenvalue weighted by Crippen LogP contribution is 2.28. The number of benzene rings is 3. The highest BCUT2D eigenvalue weighted by Gasteiger charge is 2.13. The zero-order chi connectivity index (χ0) is 26.9. The molecule has 0 radical (unpaired) electrons. The van der Waals surface area contributed by atoms with Crippen molar-refractivity contribution < 1.29 is 19.0 Å². The van der Waals surface area contributed by atoms with E-state index in [2.05, 4.69) is 41.9 Å². The lowest BCUT2D eigenvalue weighted by Crippen LogP contribution is -2.28. The van der Waals surface area contributed by atoms with Crippen LogP contribution in [0.15, 0.2) is 66.7 Å². The normalized spacial score (nSPS) is 11.1. The topological polar surface area (TPSA) is 74.6 Å². The molecule has 0 saturated carbocycles. The predicted octanol–water partition coefficient (Wildman–Crippen LogP) is 5.55. The molecule has 0 unspecified atom stereocenters. The Balaban J connectivity index is 1.34. The van der Waals surface area contributed by atoms with Crippen LogP contribution in [-0.2, 0) is 24.2 Å². The van der Waals surface area contributed by atoms with Crippen molar-refractivity contribution in [1.29, 1.82) is 0 Å². The molecule has 4 rings (SSSR count). The maximum absolute atomic E-state index is 12.6. The Morgan fingerprint density at radius 3 is 2.50 bits per heavy atom. The van der Waals surface area contributed by atoms with Gasteiger partial charge in [-0.1, -0.05) is 50.2 Å². The SMILES string of the molecule is COc1ccc(CC(=O)NCCc2nc3ccccc3n2CCCOc2ccccc2C(C)C)cc1OC. The number of nitrogens with one attached hydrogen (secondary N) is 1. The van der Waals surface area contributed by atoms with E-state index in [9.17, 15) is 4.79 Å². The molecule has 0 aliphatic heterocycles. The third kappa shape index (κ3) is 6.65. The quantitative estimate of drug-likeness (QED) is 0.236. The van der Waals surface area contributed by atoms with Crippen LogP contribution in [0.1, 0.15) is 43.1 Å². The molecule has 4 aromatic rings. The van der Waals surface area contributed by atoms with E-state index in [1.807, 2.05) is 48.5 Å². The molecule has 0 saturated heterocycles. The van der Waals surface area contributed by atoms with Crippen molar-refractivity contribution in [2.75, 3.05) is 27.4 Å². The molecule has 200 valence electrons. The van der Waals surface area contributed by atoms with E-state index >= 15 is 0 Å². The van der Waals surface area contributed by atoms with E-state index in [-0.39, 0.29) is 12.3 Å². The summed E-state index contributed by atoms with van der Waals surface area (Å²) in [7, 11) is 3.18. The van der Waals surface area contributed by atoms with Crippen LogP contribution in [0, 0.1) is 0 Å². The van der Waals surface area contributed by atoms with Gasteiger partial charge < -0.3 is 24.1 Å². The van der Waals surface area contributed by atoms with Crippen LogP contribution in [0.3, 0.4) is 0 Å². The van der Waals surface area contributed by atoms with Crippen molar-refractivity contribution in [1.82, 2.24) is 14.9 Å². The first kappa shape index (κ1) is 27.0. The number of amides is 1. The zero-order valence-electron chi connectivity index (χ0n) is 22.7. The molecule has 0 spiro atoms. The Morgan fingerprint density at radius 1 is 0.947 bits per heavy atom. The number of nitrogens with zero attached hydrogens (tertiary/aromatic N) is 2. The molecule has 3 aromatic carbocycles. The maximum Gasteiger partial charge on any atom is 0.224 e. The average molecular weight is 516 g/mol.